The van der Waals surface area contributed by atoms with Crippen LogP contribution in [0.4, 0.5) is 0 Å². The van der Waals surface area contributed by atoms with Gasteiger partial charge >= 0.3 is 0 Å². The molecule has 0 aromatic carbocycles. The van der Waals surface area contributed by atoms with Gasteiger partial charge in [-0.25, -0.2) is 0 Å². The molecule has 0 radical (unpaired) electrons. The Balaban J connectivity index is 1.45. The molecule has 0 spiro atoms. The molecule has 3 heteroatoms. The molecule has 3 saturated heterocycles. The summed E-state index contributed by atoms with van der Waals surface area (Å²) in [5.74, 6) is 0.777. The number of rotatable bonds is 3. The Bertz CT molecular complexity index is 193. The largest absolute Gasteiger partial charge is 0.378 e. The minimum Gasteiger partial charge on any atom is -0.378 e. The van der Waals surface area contributed by atoms with E-state index in [4.69, 9.17) is 9.47 Å². The predicted molar refractivity (Wildman–Crippen MR) is 48.6 cm³/mol. The molecule has 1 N–H and O–H groups in total. The van der Waals surface area contributed by atoms with Crippen molar-refractivity contribution in [2.45, 2.75) is 37.5 Å². The Kier molecular flexibility index (Phi) is 2.04. The average Bonchev–Trinajstić information content (AvgIpc) is 2.61. The SMILES string of the molecule is C1OCC1NCC1CC2CCC1O2. The van der Waals surface area contributed by atoms with E-state index in [1.54, 1.807) is 0 Å². The average molecular weight is 183 g/mol. The van der Waals surface area contributed by atoms with Gasteiger partial charge in [0.25, 0.3) is 0 Å². The standard InChI is InChI=1S/C10H17NO2/c1-2-10-7(3-9(1)13-10)4-11-8-5-12-6-8/h7-11H,1-6H2. The first kappa shape index (κ1) is 8.21. The minimum absolute atomic E-state index is 0.568. The zero-order chi connectivity index (χ0) is 8.67. The molecule has 0 aromatic rings. The van der Waals surface area contributed by atoms with E-state index in [0.29, 0.717) is 18.2 Å². The van der Waals surface area contributed by atoms with E-state index in [2.05, 4.69) is 5.32 Å². The zero-order valence-corrected chi connectivity index (χ0v) is 7.87. The van der Waals surface area contributed by atoms with E-state index in [9.17, 15) is 0 Å². The summed E-state index contributed by atoms with van der Waals surface area (Å²) < 4.78 is 10.9. The third-order valence-corrected chi connectivity index (χ3v) is 3.54. The first-order valence-electron chi connectivity index (χ1n) is 5.38. The predicted octanol–water partition coefficient (Wildman–Crippen LogP) is 0.542. The second-order valence-corrected chi connectivity index (χ2v) is 4.51. The fourth-order valence-electron chi connectivity index (χ4n) is 2.63. The highest BCUT2D eigenvalue weighted by molar-refractivity contribution is 4.91. The van der Waals surface area contributed by atoms with Gasteiger partial charge in [0.1, 0.15) is 0 Å². The maximum Gasteiger partial charge on any atom is 0.0643 e. The van der Waals surface area contributed by atoms with Gasteiger partial charge in [0.2, 0.25) is 0 Å². The number of nitrogens with one attached hydrogen (secondary N) is 1. The summed E-state index contributed by atoms with van der Waals surface area (Å²) in [6.07, 6.45) is 5.03. The molecule has 3 heterocycles. The molecule has 0 aliphatic carbocycles. The molecular formula is C10H17NO2. The van der Waals surface area contributed by atoms with E-state index in [-0.39, 0.29) is 0 Å². The van der Waals surface area contributed by atoms with Crippen LogP contribution in [-0.4, -0.2) is 38.0 Å². The zero-order valence-electron chi connectivity index (χ0n) is 7.87. The van der Waals surface area contributed by atoms with Crippen LogP contribution in [0.25, 0.3) is 0 Å². The topological polar surface area (TPSA) is 30.5 Å². The monoisotopic (exact) mass is 183 g/mol. The Morgan fingerprint density at radius 2 is 2.15 bits per heavy atom. The van der Waals surface area contributed by atoms with Gasteiger partial charge in [0, 0.05) is 12.5 Å². The van der Waals surface area contributed by atoms with Gasteiger partial charge in [-0.05, 0) is 19.3 Å². The molecule has 2 bridgehead atoms. The van der Waals surface area contributed by atoms with Crippen molar-refractivity contribution in [3.05, 3.63) is 0 Å². The number of hydrogen-bond acceptors (Lipinski definition) is 3. The lowest BCUT2D eigenvalue weighted by Crippen LogP contribution is -2.48. The highest BCUT2D eigenvalue weighted by atomic mass is 16.5. The Labute approximate surface area is 78.8 Å². The molecule has 3 rings (SSSR count). The van der Waals surface area contributed by atoms with Crippen LogP contribution in [0.5, 0.6) is 0 Å². The summed E-state index contributed by atoms with van der Waals surface area (Å²) in [4.78, 5) is 0. The molecule has 0 saturated carbocycles. The van der Waals surface area contributed by atoms with Gasteiger partial charge in [0.15, 0.2) is 0 Å². The van der Waals surface area contributed by atoms with Gasteiger partial charge in [-0.2, -0.15) is 0 Å². The summed E-state index contributed by atoms with van der Waals surface area (Å²) in [7, 11) is 0. The van der Waals surface area contributed by atoms with Crippen LogP contribution in [-0.2, 0) is 9.47 Å². The summed E-state index contributed by atoms with van der Waals surface area (Å²) in [5, 5.41) is 3.54. The number of fused-ring (bicyclic) bond motifs is 2. The van der Waals surface area contributed by atoms with Crippen LogP contribution in [0.15, 0.2) is 0 Å². The normalized spacial score (nSPS) is 43.8. The van der Waals surface area contributed by atoms with Crippen molar-refractivity contribution < 1.29 is 9.47 Å². The van der Waals surface area contributed by atoms with E-state index in [1.165, 1.54) is 19.3 Å². The van der Waals surface area contributed by atoms with Crippen LogP contribution in [0, 0.1) is 5.92 Å². The first-order valence-corrected chi connectivity index (χ1v) is 5.38. The van der Waals surface area contributed by atoms with Crippen LogP contribution in [0.1, 0.15) is 19.3 Å². The lowest BCUT2D eigenvalue weighted by molar-refractivity contribution is -0.00790. The molecule has 3 aliphatic heterocycles. The van der Waals surface area contributed by atoms with E-state index in [0.717, 1.165) is 25.7 Å². The van der Waals surface area contributed by atoms with Crippen molar-refractivity contribution >= 4 is 0 Å². The smallest absolute Gasteiger partial charge is 0.0643 e. The summed E-state index contributed by atoms with van der Waals surface area (Å²) in [6.45, 7) is 2.94. The van der Waals surface area contributed by atoms with Crippen LogP contribution < -0.4 is 5.32 Å². The lowest BCUT2D eigenvalue weighted by Gasteiger charge is -2.29. The van der Waals surface area contributed by atoms with Crippen LogP contribution in [0.3, 0.4) is 0 Å². The fourth-order valence-corrected chi connectivity index (χ4v) is 2.63. The van der Waals surface area contributed by atoms with Crippen LogP contribution >= 0.6 is 0 Å². The maximum atomic E-state index is 5.80. The van der Waals surface area contributed by atoms with Gasteiger partial charge in [-0.3, -0.25) is 0 Å². The van der Waals surface area contributed by atoms with Crippen LogP contribution in [0.2, 0.25) is 0 Å². The van der Waals surface area contributed by atoms with Crippen molar-refractivity contribution in [2.24, 2.45) is 5.92 Å². The molecule has 3 atom stereocenters. The summed E-state index contributed by atoms with van der Waals surface area (Å²) in [5.41, 5.74) is 0. The third kappa shape index (κ3) is 1.49. The summed E-state index contributed by atoms with van der Waals surface area (Å²) >= 11 is 0. The van der Waals surface area contributed by atoms with Crippen molar-refractivity contribution in [1.82, 2.24) is 5.32 Å². The second-order valence-electron chi connectivity index (χ2n) is 4.51. The molecule has 74 valence electrons. The molecule has 0 aromatic heterocycles. The maximum absolute atomic E-state index is 5.80. The second kappa shape index (κ2) is 3.23. The molecule has 3 nitrogen and oxygen atoms in total. The van der Waals surface area contributed by atoms with Crippen molar-refractivity contribution in [1.29, 1.82) is 0 Å². The van der Waals surface area contributed by atoms with Gasteiger partial charge < -0.3 is 14.8 Å². The van der Waals surface area contributed by atoms with Crippen molar-refractivity contribution in [3.8, 4) is 0 Å². The Morgan fingerprint density at radius 1 is 1.23 bits per heavy atom. The molecule has 3 fully saturated rings. The van der Waals surface area contributed by atoms with Crippen molar-refractivity contribution in [2.75, 3.05) is 19.8 Å². The molecule has 3 aliphatic rings. The van der Waals surface area contributed by atoms with Gasteiger partial charge in [0.05, 0.1) is 31.5 Å². The fraction of sp³-hybridized carbons (Fsp3) is 1.00. The number of hydrogen-bond donors (Lipinski definition) is 1. The highest BCUT2D eigenvalue weighted by Crippen LogP contribution is 2.38. The van der Waals surface area contributed by atoms with Gasteiger partial charge in [-0.15, -0.1) is 0 Å². The Morgan fingerprint density at radius 3 is 2.69 bits per heavy atom. The molecule has 0 amide bonds. The van der Waals surface area contributed by atoms with E-state index in [1.807, 2.05) is 0 Å². The first-order chi connectivity index (χ1) is 6.42. The van der Waals surface area contributed by atoms with E-state index < -0.39 is 0 Å². The lowest BCUT2D eigenvalue weighted by atomic mass is 9.89. The van der Waals surface area contributed by atoms with Crippen molar-refractivity contribution in [3.63, 3.8) is 0 Å². The Hall–Kier alpha value is -0.120. The van der Waals surface area contributed by atoms with Gasteiger partial charge in [-0.1, -0.05) is 0 Å². The molecule has 3 unspecified atom stereocenters. The molecule has 13 heavy (non-hydrogen) atoms. The van der Waals surface area contributed by atoms with E-state index >= 15 is 0 Å². The molecular weight excluding hydrogens is 166 g/mol. The summed E-state index contributed by atoms with van der Waals surface area (Å²) in [6, 6.07) is 0.624. The highest BCUT2D eigenvalue weighted by Gasteiger charge is 2.40. The number of ether oxygens (including phenoxy) is 2. The minimum atomic E-state index is 0.568. The quantitative estimate of drug-likeness (QED) is 0.693. The third-order valence-electron chi connectivity index (χ3n) is 3.54.